The molecule has 0 N–H and O–H groups in total. The lowest BCUT2D eigenvalue weighted by atomic mass is 10.2. The van der Waals surface area contributed by atoms with Gasteiger partial charge in [0.2, 0.25) is 0 Å². The van der Waals surface area contributed by atoms with E-state index in [-0.39, 0.29) is 4.75 Å². The molecule has 0 aromatic heterocycles. The molecule has 1 aliphatic heterocycles. The van der Waals surface area contributed by atoms with Crippen molar-refractivity contribution in [1.82, 2.24) is 0 Å². The first-order valence-corrected chi connectivity index (χ1v) is 6.67. The van der Waals surface area contributed by atoms with Crippen LogP contribution in [0.3, 0.4) is 0 Å². The van der Waals surface area contributed by atoms with Crippen LogP contribution < -0.4 is 0 Å². The van der Waals surface area contributed by atoms with E-state index >= 15 is 0 Å². The summed E-state index contributed by atoms with van der Waals surface area (Å²) in [5.41, 5.74) is 0.944. The van der Waals surface area contributed by atoms with Crippen LogP contribution in [0.1, 0.15) is 47.5 Å². The Morgan fingerprint density at radius 3 is 2.33 bits per heavy atom. The van der Waals surface area contributed by atoms with Gasteiger partial charge < -0.3 is 4.74 Å². The Morgan fingerprint density at radius 1 is 1.33 bits per heavy atom. The fraction of sp³-hybridized carbons (Fsp3) is 0.909. The maximum atomic E-state index is 11.6. The molecule has 1 saturated heterocycles. The van der Waals surface area contributed by atoms with Gasteiger partial charge in [-0.15, -0.1) is 0 Å². The van der Waals surface area contributed by atoms with Crippen LogP contribution in [-0.2, 0) is 15.7 Å². The second kappa shape index (κ2) is 7.12. The van der Waals surface area contributed by atoms with E-state index in [9.17, 15) is 4.21 Å². The lowest BCUT2D eigenvalue weighted by molar-refractivity contribution is 0.154. The average Bonchev–Trinajstić information content (AvgIpc) is 2.21. The molecule has 0 amide bonds. The molecule has 1 unspecified atom stereocenters. The molecule has 0 spiro atoms. The Hall–Kier alpha value is -0.220. The zero-order chi connectivity index (χ0) is 11.9. The average molecular weight is 233 g/mol. The van der Waals surface area contributed by atoms with E-state index in [1.54, 1.807) is 0 Å². The summed E-state index contributed by atoms with van der Waals surface area (Å²) >= 11 is 0. The van der Waals surface area contributed by atoms with Crippen molar-refractivity contribution in [2.45, 2.75) is 52.2 Å². The monoisotopic (exact) mass is 233 g/mol. The maximum absolute atomic E-state index is 11.6. The minimum atomic E-state index is -1.13. The summed E-state index contributed by atoms with van der Waals surface area (Å²) in [7, 11) is -1.13. The SMILES string of the molecule is CC.CC(C)(C)S(=O)/N=C1/CCCOC1. The Kier molecular flexibility index (Phi) is 7.02. The quantitative estimate of drug-likeness (QED) is 0.698. The number of ether oxygens (including phenoxy) is 1. The van der Waals surface area contributed by atoms with Gasteiger partial charge in [0.05, 0.1) is 17.1 Å². The highest BCUT2D eigenvalue weighted by atomic mass is 32.2. The molecule has 1 rings (SSSR count). The van der Waals surface area contributed by atoms with Crippen LogP contribution in [0.5, 0.6) is 0 Å². The normalized spacial score (nSPS) is 21.8. The summed E-state index contributed by atoms with van der Waals surface area (Å²) in [4.78, 5) is 0. The largest absolute Gasteiger partial charge is 0.375 e. The molecule has 1 fully saturated rings. The molecule has 0 aromatic rings. The van der Waals surface area contributed by atoms with Gasteiger partial charge in [0.25, 0.3) is 0 Å². The lowest BCUT2D eigenvalue weighted by Crippen LogP contribution is -2.24. The number of nitrogens with zero attached hydrogens (tertiary/aromatic N) is 1. The van der Waals surface area contributed by atoms with E-state index in [1.165, 1.54) is 0 Å². The lowest BCUT2D eigenvalue weighted by Gasteiger charge is -2.17. The topological polar surface area (TPSA) is 38.7 Å². The van der Waals surface area contributed by atoms with E-state index in [2.05, 4.69) is 4.40 Å². The molecular weight excluding hydrogens is 210 g/mol. The van der Waals surface area contributed by atoms with E-state index in [4.69, 9.17) is 4.74 Å². The van der Waals surface area contributed by atoms with Gasteiger partial charge >= 0.3 is 0 Å². The highest BCUT2D eigenvalue weighted by molar-refractivity contribution is 7.85. The highest BCUT2D eigenvalue weighted by Gasteiger charge is 2.20. The van der Waals surface area contributed by atoms with E-state index in [1.807, 2.05) is 34.6 Å². The van der Waals surface area contributed by atoms with Gasteiger partial charge in [-0.3, -0.25) is 0 Å². The first-order valence-electron chi connectivity index (χ1n) is 5.56. The van der Waals surface area contributed by atoms with Crippen molar-refractivity contribution in [1.29, 1.82) is 0 Å². The molecule has 0 aromatic carbocycles. The van der Waals surface area contributed by atoms with E-state index < -0.39 is 11.0 Å². The molecule has 0 saturated carbocycles. The molecule has 1 atom stereocenters. The summed E-state index contributed by atoms with van der Waals surface area (Å²) in [5, 5.41) is 0. The molecule has 1 aliphatic rings. The van der Waals surface area contributed by atoms with Gasteiger partial charge in [-0.1, -0.05) is 13.8 Å². The van der Waals surface area contributed by atoms with Crippen molar-refractivity contribution < 1.29 is 8.95 Å². The van der Waals surface area contributed by atoms with Gasteiger partial charge in [-0.2, -0.15) is 4.40 Å². The van der Waals surface area contributed by atoms with Crippen molar-refractivity contribution in [3.8, 4) is 0 Å². The minimum Gasteiger partial charge on any atom is -0.375 e. The molecule has 0 bridgehead atoms. The van der Waals surface area contributed by atoms with Crippen LogP contribution in [-0.4, -0.2) is 27.9 Å². The Labute approximate surface area is 95.9 Å². The summed E-state index contributed by atoms with van der Waals surface area (Å²) in [5.74, 6) is 0. The van der Waals surface area contributed by atoms with Crippen LogP contribution in [0.2, 0.25) is 0 Å². The second-order valence-electron chi connectivity index (χ2n) is 4.18. The molecule has 3 nitrogen and oxygen atoms in total. The Balaban J connectivity index is 0.000000921. The second-order valence-corrected chi connectivity index (χ2v) is 6.08. The van der Waals surface area contributed by atoms with Crippen LogP contribution in [0, 0.1) is 0 Å². The third-order valence-electron chi connectivity index (χ3n) is 1.76. The van der Waals surface area contributed by atoms with Gasteiger partial charge in [0, 0.05) is 6.61 Å². The zero-order valence-corrected chi connectivity index (χ0v) is 11.3. The predicted octanol–water partition coefficient (Wildman–Crippen LogP) is 2.73. The van der Waals surface area contributed by atoms with Gasteiger partial charge in [0.1, 0.15) is 11.0 Å². The standard InChI is InChI=1S/C9H17NO2S.C2H6/c1-9(2,3)13(11)10-8-5-4-6-12-7-8;1-2/h4-7H2,1-3H3;1-2H3/b10-8-;. The summed E-state index contributed by atoms with van der Waals surface area (Å²) < 4.78 is 20.7. The third kappa shape index (κ3) is 6.05. The molecule has 15 heavy (non-hydrogen) atoms. The van der Waals surface area contributed by atoms with Gasteiger partial charge in [-0.05, 0) is 33.6 Å². The number of hydrogen-bond donors (Lipinski definition) is 0. The van der Waals surface area contributed by atoms with Crippen molar-refractivity contribution in [3.63, 3.8) is 0 Å². The summed E-state index contributed by atoms with van der Waals surface area (Å²) in [6.07, 6.45) is 1.93. The van der Waals surface area contributed by atoms with Crippen LogP contribution in [0.4, 0.5) is 0 Å². The zero-order valence-electron chi connectivity index (χ0n) is 10.5. The molecule has 0 aliphatic carbocycles. The fourth-order valence-corrected chi connectivity index (χ4v) is 1.62. The molecule has 0 radical (unpaired) electrons. The summed E-state index contributed by atoms with van der Waals surface area (Å²) in [6.45, 7) is 11.1. The first-order chi connectivity index (χ1) is 7.00. The fourth-order valence-electron chi connectivity index (χ4n) is 0.967. The van der Waals surface area contributed by atoms with Gasteiger partial charge in [-0.25, -0.2) is 4.21 Å². The number of rotatable bonds is 1. The van der Waals surface area contributed by atoms with Crippen molar-refractivity contribution >= 4 is 16.7 Å². The molecular formula is C11H23NO2S. The van der Waals surface area contributed by atoms with Crippen LogP contribution in [0.25, 0.3) is 0 Å². The van der Waals surface area contributed by atoms with Crippen LogP contribution >= 0.6 is 0 Å². The van der Waals surface area contributed by atoms with E-state index in [0.717, 1.165) is 25.2 Å². The molecule has 1 heterocycles. The smallest absolute Gasteiger partial charge is 0.144 e. The minimum absolute atomic E-state index is 0.259. The van der Waals surface area contributed by atoms with Crippen molar-refractivity contribution in [2.24, 2.45) is 4.40 Å². The maximum Gasteiger partial charge on any atom is 0.144 e. The Bertz CT molecular complexity index is 223. The van der Waals surface area contributed by atoms with Crippen molar-refractivity contribution in [2.75, 3.05) is 13.2 Å². The molecule has 4 heteroatoms. The summed E-state index contributed by atoms with van der Waals surface area (Å²) in [6, 6.07) is 0. The molecule has 90 valence electrons. The predicted molar refractivity (Wildman–Crippen MR) is 66.7 cm³/mol. The van der Waals surface area contributed by atoms with E-state index in [0.29, 0.717) is 6.61 Å². The third-order valence-corrected chi connectivity index (χ3v) is 3.23. The highest BCUT2D eigenvalue weighted by Crippen LogP contribution is 2.14. The number of hydrogen-bond acceptors (Lipinski definition) is 2. The van der Waals surface area contributed by atoms with Crippen LogP contribution in [0.15, 0.2) is 4.40 Å². The van der Waals surface area contributed by atoms with Gasteiger partial charge in [0.15, 0.2) is 0 Å². The first kappa shape index (κ1) is 14.8. The Morgan fingerprint density at radius 2 is 1.93 bits per heavy atom. The van der Waals surface area contributed by atoms with Crippen molar-refractivity contribution in [3.05, 3.63) is 0 Å².